The molecule has 1 aromatic carbocycles. The zero-order valence-corrected chi connectivity index (χ0v) is 6.52. The van der Waals surface area contributed by atoms with Crippen molar-refractivity contribution >= 4 is 5.69 Å². The molecule has 13 heavy (non-hydrogen) atoms. The first kappa shape index (κ1) is 9.70. The highest BCUT2D eigenvalue weighted by Crippen LogP contribution is 2.39. The fourth-order valence-electron chi connectivity index (χ4n) is 0.935. The molecule has 0 spiro atoms. The van der Waals surface area contributed by atoms with Crippen LogP contribution >= 0.6 is 0 Å². The van der Waals surface area contributed by atoms with E-state index in [-0.39, 0.29) is 11.3 Å². The predicted octanol–water partition coefficient (Wildman–Crippen LogP) is 2.18. The molecule has 0 aromatic heterocycles. The van der Waals surface area contributed by atoms with Crippen LogP contribution in [-0.2, 0) is 6.18 Å². The monoisotopic (exact) mass is 190 g/mol. The standard InChI is InChI=1S/C8H7F3NO/c1-4-2-5(8(9,10)11)7(13)6(12)3-4/h2-3,13H,1,12H2. The quantitative estimate of drug-likeness (QED) is 0.486. The molecule has 0 bridgehead atoms. The molecular weight excluding hydrogens is 183 g/mol. The summed E-state index contributed by atoms with van der Waals surface area (Å²) >= 11 is 0. The number of anilines is 1. The van der Waals surface area contributed by atoms with Gasteiger partial charge >= 0.3 is 6.18 Å². The van der Waals surface area contributed by atoms with Gasteiger partial charge in [0.25, 0.3) is 0 Å². The number of nitrogen functional groups attached to an aromatic ring is 1. The van der Waals surface area contributed by atoms with Gasteiger partial charge in [0, 0.05) is 0 Å². The van der Waals surface area contributed by atoms with E-state index in [1.165, 1.54) is 6.07 Å². The van der Waals surface area contributed by atoms with Crippen molar-refractivity contribution in [3.05, 3.63) is 30.2 Å². The van der Waals surface area contributed by atoms with E-state index in [2.05, 4.69) is 6.92 Å². The molecule has 1 radical (unpaired) electrons. The zero-order chi connectivity index (χ0) is 10.2. The van der Waals surface area contributed by atoms with Crippen LogP contribution in [0.1, 0.15) is 11.1 Å². The van der Waals surface area contributed by atoms with Crippen LogP contribution in [0, 0.1) is 6.92 Å². The maximum atomic E-state index is 12.2. The van der Waals surface area contributed by atoms with Gasteiger partial charge < -0.3 is 10.8 Å². The lowest BCUT2D eigenvalue weighted by Gasteiger charge is -2.11. The molecule has 0 fully saturated rings. The van der Waals surface area contributed by atoms with Crippen molar-refractivity contribution in [2.24, 2.45) is 0 Å². The molecule has 0 saturated heterocycles. The number of hydrogen-bond donors (Lipinski definition) is 2. The van der Waals surface area contributed by atoms with Crippen LogP contribution in [0.2, 0.25) is 0 Å². The summed E-state index contributed by atoms with van der Waals surface area (Å²) in [7, 11) is 0. The second kappa shape index (κ2) is 2.83. The molecule has 0 atom stereocenters. The van der Waals surface area contributed by atoms with Crippen LogP contribution in [0.4, 0.5) is 18.9 Å². The van der Waals surface area contributed by atoms with E-state index in [0.717, 1.165) is 6.07 Å². The summed E-state index contributed by atoms with van der Waals surface area (Å²) in [6, 6.07) is 1.91. The minimum Gasteiger partial charge on any atom is -0.505 e. The molecule has 3 N–H and O–H groups in total. The summed E-state index contributed by atoms with van der Waals surface area (Å²) < 4.78 is 36.5. The summed E-state index contributed by atoms with van der Waals surface area (Å²) in [4.78, 5) is 0. The number of alkyl halides is 3. The minimum atomic E-state index is -4.61. The third kappa shape index (κ3) is 1.85. The fraction of sp³-hybridized carbons (Fsp3) is 0.125. The van der Waals surface area contributed by atoms with Crippen molar-refractivity contribution in [3.63, 3.8) is 0 Å². The maximum absolute atomic E-state index is 12.2. The number of aromatic hydroxyl groups is 1. The van der Waals surface area contributed by atoms with Crippen LogP contribution in [0.5, 0.6) is 5.75 Å². The highest BCUT2D eigenvalue weighted by atomic mass is 19.4. The largest absolute Gasteiger partial charge is 0.505 e. The third-order valence-electron chi connectivity index (χ3n) is 1.50. The van der Waals surface area contributed by atoms with Crippen LogP contribution < -0.4 is 5.73 Å². The molecule has 0 aliphatic carbocycles. The van der Waals surface area contributed by atoms with E-state index < -0.39 is 17.5 Å². The van der Waals surface area contributed by atoms with E-state index in [0.29, 0.717) is 0 Å². The number of phenolic OH excluding ortho intramolecular Hbond substituents is 1. The molecule has 0 aliphatic rings. The second-order valence-electron chi connectivity index (χ2n) is 2.58. The molecule has 0 heterocycles. The molecule has 2 nitrogen and oxygen atoms in total. The fourth-order valence-corrected chi connectivity index (χ4v) is 0.935. The van der Waals surface area contributed by atoms with E-state index in [9.17, 15) is 13.2 Å². The Morgan fingerprint density at radius 1 is 1.31 bits per heavy atom. The van der Waals surface area contributed by atoms with Crippen LogP contribution in [0.3, 0.4) is 0 Å². The Morgan fingerprint density at radius 3 is 2.31 bits per heavy atom. The Kier molecular flexibility index (Phi) is 2.11. The van der Waals surface area contributed by atoms with Crippen LogP contribution in [-0.4, -0.2) is 5.11 Å². The van der Waals surface area contributed by atoms with Gasteiger partial charge in [-0.15, -0.1) is 0 Å². The molecule has 0 aliphatic heterocycles. The number of benzene rings is 1. The van der Waals surface area contributed by atoms with Gasteiger partial charge in [-0.3, -0.25) is 0 Å². The molecule has 1 rings (SSSR count). The predicted molar refractivity (Wildman–Crippen MR) is 42.0 cm³/mol. The van der Waals surface area contributed by atoms with Gasteiger partial charge in [-0.2, -0.15) is 13.2 Å². The number of rotatable bonds is 0. The molecule has 0 amide bonds. The molecule has 0 saturated carbocycles. The van der Waals surface area contributed by atoms with Gasteiger partial charge in [0.2, 0.25) is 0 Å². The second-order valence-corrected chi connectivity index (χ2v) is 2.58. The van der Waals surface area contributed by atoms with E-state index >= 15 is 0 Å². The van der Waals surface area contributed by atoms with Gasteiger partial charge in [-0.25, -0.2) is 0 Å². The van der Waals surface area contributed by atoms with Crippen molar-refractivity contribution in [2.75, 3.05) is 5.73 Å². The smallest absolute Gasteiger partial charge is 0.420 e. The van der Waals surface area contributed by atoms with Crippen molar-refractivity contribution in [3.8, 4) is 5.75 Å². The first-order valence-electron chi connectivity index (χ1n) is 3.34. The molecule has 71 valence electrons. The SMILES string of the molecule is [CH2]c1cc(N)c(O)c(C(F)(F)F)c1. The van der Waals surface area contributed by atoms with Gasteiger partial charge in [0.05, 0.1) is 11.3 Å². The summed E-state index contributed by atoms with van der Waals surface area (Å²) in [6.07, 6.45) is -4.61. The Labute approximate surface area is 72.8 Å². The summed E-state index contributed by atoms with van der Waals surface area (Å²) in [6.45, 7) is 3.31. The topological polar surface area (TPSA) is 46.2 Å². The Hall–Kier alpha value is -1.39. The first-order chi connectivity index (χ1) is 5.82. The van der Waals surface area contributed by atoms with Gasteiger partial charge in [0.1, 0.15) is 0 Å². The van der Waals surface area contributed by atoms with Crippen molar-refractivity contribution in [1.82, 2.24) is 0 Å². The van der Waals surface area contributed by atoms with E-state index in [1.54, 1.807) is 0 Å². The Bertz CT molecular complexity index is 333. The first-order valence-corrected chi connectivity index (χ1v) is 3.34. The van der Waals surface area contributed by atoms with Gasteiger partial charge in [-0.05, 0) is 24.6 Å². The molecule has 5 heteroatoms. The Balaban J connectivity index is 3.37. The zero-order valence-electron chi connectivity index (χ0n) is 6.52. The summed E-state index contributed by atoms with van der Waals surface area (Å²) in [5.74, 6) is -0.945. The van der Waals surface area contributed by atoms with E-state index in [1.807, 2.05) is 0 Å². The average molecular weight is 190 g/mol. The number of hydrogen-bond acceptors (Lipinski definition) is 2. The Morgan fingerprint density at radius 2 is 1.85 bits per heavy atom. The van der Waals surface area contributed by atoms with Crippen molar-refractivity contribution in [1.29, 1.82) is 0 Å². The lowest BCUT2D eigenvalue weighted by Crippen LogP contribution is -2.07. The number of phenols is 1. The lowest BCUT2D eigenvalue weighted by atomic mass is 10.1. The normalized spacial score (nSPS) is 11.7. The highest BCUT2D eigenvalue weighted by Gasteiger charge is 2.34. The lowest BCUT2D eigenvalue weighted by molar-refractivity contribution is -0.138. The van der Waals surface area contributed by atoms with Gasteiger partial charge in [0.15, 0.2) is 5.75 Å². The summed E-state index contributed by atoms with van der Waals surface area (Å²) in [5.41, 5.74) is 3.77. The number of nitrogens with two attached hydrogens (primary N) is 1. The number of halogens is 3. The highest BCUT2D eigenvalue weighted by molar-refractivity contribution is 5.59. The van der Waals surface area contributed by atoms with Crippen molar-refractivity contribution in [2.45, 2.75) is 6.18 Å². The van der Waals surface area contributed by atoms with Gasteiger partial charge in [-0.1, -0.05) is 0 Å². The van der Waals surface area contributed by atoms with Crippen LogP contribution in [0.25, 0.3) is 0 Å². The third-order valence-corrected chi connectivity index (χ3v) is 1.50. The molecule has 1 aromatic rings. The van der Waals surface area contributed by atoms with Crippen molar-refractivity contribution < 1.29 is 18.3 Å². The molecular formula is C8H7F3NO. The molecule has 0 unspecified atom stereocenters. The maximum Gasteiger partial charge on any atom is 0.420 e. The summed E-state index contributed by atoms with van der Waals surface area (Å²) in [5, 5.41) is 8.98. The van der Waals surface area contributed by atoms with Crippen LogP contribution in [0.15, 0.2) is 12.1 Å². The van der Waals surface area contributed by atoms with E-state index in [4.69, 9.17) is 10.8 Å². The average Bonchev–Trinajstić information content (AvgIpc) is 1.94. The minimum absolute atomic E-state index is 0.114.